The number of nitrogens with zero attached hydrogens (tertiary/aromatic N) is 3. The number of hydrogen-bond acceptors (Lipinski definition) is 5. The van der Waals surface area contributed by atoms with Gasteiger partial charge in [0.1, 0.15) is 5.71 Å². The molecule has 0 bridgehead atoms. The molecule has 0 aromatic rings. The van der Waals surface area contributed by atoms with E-state index in [1.807, 2.05) is 9.80 Å². The first-order valence-electron chi connectivity index (χ1n) is 9.03. The summed E-state index contributed by atoms with van der Waals surface area (Å²) >= 11 is 0. The topological polar surface area (TPSA) is 91.3 Å². The predicted molar refractivity (Wildman–Crippen MR) is 90.7 cm³/mol. The van der Waals surface area contributed by atoms with Gasteiger partial charge in [-0.1, -0.05) is 0 Å². The minimum Gasteiger partial charge on any atom is -0.385 e. The van der Waals surface area contributed by atoms with Gasteiger partial charge < -0.3 is 14.5 Å². The van der Waals surface area contributed by atoms with E-state index in [9.17, 15) is 14.4 Å². The van der Waals surface area contributed by atoms with Gasteiger partial charge in [0.2, 0.25) is 11.8 Å². The molecule has 8 nitrogen and oxygen atoms in total. The Morgan fingerprint density at radius 1 is 1.28 bits per heavy atom. The van der Waals surface area contributed by atoms with Crippen LogP contribution in [0.5, 0.6) is 0 Å². The molecule has 0 saturated carbocycles. The molecule has 2 fully saturated rings. The summed E-state index contributed by atoms with van der Waals surface area (Å²) < 4.78 is 5.09. The first-order valence-corrected chi connectivity index (χ1v) is 9.03. The molecule has 3 rings (SSSR count). The van der Waals surface area contributed by atoms with Crippen molar-refractivity contribution < 1.29 is 19.1 Å². The summed E-state index contributed by atoms with van der Waals surface area (Å²) in [6.45, 7) is 2.66. The van der Waals surface area contributed by atoms with E-state index in [1.54, 1.807) is 7.11 Å². The third-order valence-corrected chi connectivity index (χ3v) is 5.33. The fraction of sp³-hybridized carbons (Fsp3) is 0.765. The second-order valence-electron chi connectivity index (χ2n) is 6.93. The summed E-state index contributed by atoms with van der Waals surface area (Å²) in [6, 6.07) is 0.218. The smallest absolute Gasteiger partial charge is 0.270 e. The number of fused-ring (bicyclic) bond motifs is 1. The highest BCUT2D eigenvalue weighted by Crippen LogP contribution is 2.31. The number of amides is 3. The quantitative estimate of drug-likeness (QED) is 0.714. The normalized spacial score (nSPS) is 26.8. The van der Waals surface area contributed by atoms with Gasteiger partial charge >= 0.3 is 0 Å². The lowest BCUT2D eigenvalue weighted by atomic mass is 9.83. The van der Waals surface area contributed by atoms with E-state index < -0.39 is 0 Å². The summed E-state index contributed by atoms with van der Waals surface area (Å²) in [7, 11) is 1.67. The summed E-state index contributed by atoms with van der Waals surface area (Å²) in [4.78, 5) is 39.9. The number of ether oxygens (including phenoxy) is 1. The molecule has 138 valence electrons. The van der Waals surface area contributed by atoms with E-state index in [4.69, 9.17) is 4.74 Å². The highest BCUT2D eigenvalue weighted by molar-refractivity contribution is 6.39. The number of hydrogen-bond donors (Lipinski definition) is 1. The Hall–Kier alpha value is -1.96. The van der Waals surface area contributed by atoms with Gasteiger partial charge in [-0.15, -0.1) is 0 Å². The van der Waals surface area contributed by atoms with Crippen LogP contribution in [-0.2, 0) is 19.1 Å². The molecule has 25 heavy (non-hydrogen) atoms. The highest BCUT2D eigenvalue weighted by Gasteiger charge is 2.40. The summed E-state index contributed by atoms with van der Waals surface area (Å²) in [5.41, 5.74) is 2.82. The van der Waals surface area contributed by atoms with Gasteiger partial charge in [0.15, 0.2) is 0 Å². The van der Waals surface area contributed by atoms with E-state index in [1.165, 1.54) is 0 Å². The Labute approximate surface area is 147 Å². The fourth-order valence-corrected chi connectivity index (χ4v) is 4.02. The number of carbonyl (C=O) groups excluding carboxylic acids is 3. The lowest BCUT2D eigenvalue weighted by Gasteiger charge is -2.47. The van der Waals surface area contributed by atoms with Gasteiger partial charge in [-0.2, -0.15) is 5.10 Å². The number of nitrogens with one attached hydrogen (secondary N) is 1. The third kappa shape index (κ3) is 4.00. The second kappa shape index (κ2) is 7.95. The lowest BCUT2D eigenvalue weighted by molar-refractivity contribution is -0.142. The number of rotatable bonds is 5. The fourth-order valence-electron chi connectivity index (χ4n) is 4.02. The van der Waals surface area contributed by atoms with Crippen molar-refractivity contribution in [2.75, 3.05) is 33.4 Å². The van der Waals surface area contributed by atoms with Crippen LogP contribution >= 0.6 is 0 Å². The van der Waals surface area contributed by atoms with Crippen molar-refractivity contribution in [1.29, 1.82) is 0 Å². The van der Waals surface area contributed by atoms with Crippen LogP contribution in [0.1, 0.15) is 38.5 Å². The van der Waals surface area contributed by atoms with Crippen molar-refractivity contribution in [3.8, 4) is 0 Å². The van der Waals surface area contributed by atoms with Crippen LogP contribution in [0.4, 0.5) is 0 Å². The molecule has 0 aromatic carbocycles. The van der Waals surface area contributed by atoms with Gasteiger partial charge in [-0.25, -0.2) is 5.43 Å². The van der Waals surface area contributed by atoms with Crippen molar-refractivity contribution in [3.63, 3.8) is 0 Å². The van der Waals surface area contributed by atoms with Crippen LogP contribution in [0.25, 0.3) is 0 Å². The van der Waals surface area contributed by atoms with E-state index >= 15 is 0 Å². The van der Waals surface area contributed by atoms with Gasteiger partial charge in [0.05, 0.1) is 0 Å². The zero-order valence-corrected chi connectivity index (χ0v) is 14.7. The van der Waals surface area contributed by atoms with Crippen molar-refractivity contribution in [1.82, 2.24) is 15.2 Å². The molecule has 3 heterocycles. The average molecular weight is 350 g/mol. The molecule has 0 radical (unpaired) electrons. The largest absolute Gasteiger partial charge is 0.385 e. The standard InChI is InChI=1S/C17H26N4O4/c1-25-10-2-8-21-14-7-9-20(11-12(14)3-6-16(21)23)17(24)13-4-5-15(22)19-18-13/h12,14H,2-11H2,1H3,(H,19,22)/t12-,14+/m0/s1. The molecular weight excluding hydrogens is 324 g/mol. The number of likely N-dealkylation sites (tertiary alicyclic amines) is 2. The SMILES string of the molecule is COCCCN1C(=O)CC[C@H]2CN(C(=O)C3=NNC(=O)CC3)CC[C@H]21. The third-order valence-electron chi connectivity index (χ3n) is 5.33. The maximum absolute atomic E-state index is 12.6. The molecule has 3 aliphatic rings. The van der Waals surface area contributed by atoms with Crippen molar-refractivity contribution in [2.45, 2.75) is 44.6 Å². The zero-order chi connectivity index (χ0) is 17.8. The van der Waals surface area contributed by atoms with Crippen LogP contribution in [0, 0.1) is 5.92 Å². The van der Waals surface area contributed by atoms with Crippen molar-refractivity contribution in [2.24, 2.45) is 11.0 Å². The van der Waals surface area contributed by atoms with Crippen LogP contribution < -0.4 is 5.43 Å². The first kappa shape index (κ1) is 17.8. The molecule has 8 heteroatoms. The van der Waals surface area contributed by atoms with E-state index in [0.717, 1.165) is 25.8 Å². The Morgan fingerprint density at radius 3 is 2.84 bits per heavy atom. The van der Waals surface area contributed by atoms with Gasteiger partial charge in [0, 0.05) is 58.7 Å². The van der Waals surface area contributed by atoms with Gasteiger partial charge in [-0.05, 0) is 25.2 Å². The van der Waals surface area contributed by atoms with Crippen molar-refractivity contribution in [3.05, 3.63) is 0 Å². The summed E-state index contributed by atoms with van der Waals surface area (Å²) in [6.07, 6.45) is 3.73. The monoisotopic (exact) mass is 350 g/mol. The zero-order valence-electron chi connectivity index (χ0n) is 14.7. The Kier molecular flexibility index (Phi) is 5.67. The molecule has 0 aliphatic carbocycles. The molecule has 2 atom stereocenters. The number of hydrazone groups is 1. The molecule has 3 amide bonds. The molecule has 0 spiro atoms. The molecule has 0 unspecified atom stereocenters. The minimum atomic E-state index is -0.146. The molecule has 0 aromatic heterocycles. The van der Waals surface area contributed by atoms with Crippen LogP contribution in [0.2, 0.25) is 0 Å². The first-order chi connectivity index (χ1) is 12.1. The summed E-state index contributed by atoms with van der Waals surface area (Å²) in [5.74, 6) is 0.308. The minimum absolute atomic E-state index is 0.0821. The average Bonchev–Trinajstić information content (AvgIpc) is 2.63. The van der Waals surface area contributed by atoms with Crippen LogP contribution in [0.3, 0.4) is 0 Å². The molecule has 1 N–H and O–H groups in total. The van der Waals surface area contributed by atoms with E-state index in [0.29, 0.717) is 50.6 Å². The number of methoxy groups -OCH3 is 1. The number of carbonyl (C=O) groups is 3. The Morgan fingerprint density at radius 2 is 2.12 bits per heavy atom. The van der Waals surface area contributed by atoms with Gasteiger partial charge in [-0.3, -0.25) is 14.4 Å². The maximum atomic E-state index is 12.6. The van der Waals surface area contributed by atoms with Crippen molar-refractivity contribution >= 4 is 23.4 Å². The number of piperidine rings is 2. The van der Waals surface area contributed by atoms with E-state index in [-0.39, 0.29) is 23.8 Å². The second-order valence-corrected chi connectivity index (χ2v) is 6.93. The van der Waals surface area contributed by atoms with Crippen LogP contribution in [-0.4, -0.2) is 72.6 Å². The molecular formula is C17H26N4O4. The predicted octanol–water partition coefficient (Wildman–Crippen LogP) is 0.128. The van der Waals surface area contributed by atoms with E-state index in [2.05, 4.69) is 10.5 Å². The maximum Gasteiger partial charge on any atom is 0.270 e. The highest BCUT2D eigenvalue weighted by atomic mass is 16.5. The van der Waals surface area contributed by atoms with Gasteiger partial charge in [0.25, 0.3) is 5.91 Å². The van der Waals surface area contributed by atoms with Crippen LogP contribution in [0.15, 0.2) is 5.10 Å². The lowest BCUT2D eigenvalue weighted by Crippen LogP contribution is -2.58. The Balaban J connectivity index is 1.60. The molecule has 2 saturated heterocycles. The molecule has 3 aliphatic heterocycles. The summed E-state index contributed by atoms with van der Waals surface area (Å²) in [5, 5.41) is 3.91. The Bertz CT molecular complexity index is 577.